The van der Waals surface area contributed by atoms with Crippen LogP contribution in [0.25, 0.3) is 11.0 Å². The van der Waals surface area contributed by atoms with E-state index in [0.717, 1.165) is 0 Å². The molecule has 0 spiro atoms. The predicted molar refractivity (Wildman–Crippen MR) is 105 cm³/mol. The molecule has 0 saturated carbocycles. The fraction of sp³-hybridized carbons (Fsp3) is 0.526. The zero-order chi connectivity index (χ0) is 21.5. The fourth-order valence-corrected chi connectivity index (χ4v) is 5.66. The van der Waals surface area contributed by atoms with Gasteiger partial charge in [0.05, 0.1) is 22.5 Å². The second kappa shape index (κ2) is 7.68. The van der Waals surface area contributed by atoms with Gasteiger partial charge in [0.15, 0.2) is 21.3 Å². The fourth-order valence-electron chi connectivity index (χ4n) is 3.98. The zero-order valence-electron chi connectivity index (χ0n) is 16.0. The number of para-hydroxylation sites is 2. The maximum absolute atomic E-state index is 13.6. The Hall–Kier alpha value is -2.43. The van der Waals surface area contributed by atoms with E-state index in [2.05, 4.69) is 15.3 Å². The number of piperidine rings is 1. The molecule has 1 N–H and O–H groups in total. The third-order valence-corrected chi connectivity index (χ3v) is 7.33. The van der Waals surface area contributed by atoms with Crippen LogP contribution < -0.4 is 10.2 Å². The normalized spacial score (nSPS) is 22.4. The molecule has 1 amide bonds. The van der Waals surface area contributed by atoms with Crippen molar-refractivity contribution in [3.63, 3.8) is 0 Å². The smallest absolute Gasteiger partial charge is 0.355 e. The van der Waals surface area contributed by atoms with Crippen molar-refractivity contribution in [2.24, 2.45) is 5.92 Å². The molecule has 2 aromatic rings. The van der Waals surface area contributed by atoms with Crippen LogP contribution in [0.5, 0.6) is 0 Å². The minimum Gasteiger partial charge on any atom is -0.355 e. The minimum atomic E-state index is -4.64. The van der Waals surface area contributed by atoms with Gasteiger partial charge in [-0.25, -0.2) is 18.4 Å². The van der Waals surface area contributed by atoms with Crippen LogP contribution in [0.15, 0.2) is 24.3 Å². The average Bonchev–Trinajstić information content (AvgIpc) is 3.04. The topological polar surface area (TPSA) is 92.3 Å². The molecule has 4 rings (SSSR count). The standard InChI is InChI=1S/C19H21F3N4O3S/c20-19(21,22)16-17(25-15-4-2-1-3-14(15)24-16)26-8-5-12(6-9-26)18(27)23-13-7-10-30(28,29)11-13/h1-4,12-13H,5-11H2,(H,23,27)/t13-/m1/s1. The SMILES string of the molecule is O=C(N[C@@H]1CCS(=O)(=O)C1)C1CCN(c2nc3ccccc3nc2C(F)(F)F)CC1. The maximum atomic E-state index is 13.6. The van der Waals surface area contributed by atoms with Crippen molar-refractivity contribution in [3.8, 4) is 0 Å². The predicted octanol–water partition coefficient (Wildman–Crippen LogP) is 2.17. The van der Waals surface area contributed by atoms with Crippen molar-refractivity contribution < 1.29 is 26.4 Å². The summed E-state index contributed by atoms with van der Waals surface area (Å²) in [5.41, 5.74) is -0.475. The quantitative estimate of drug-likeness (QED) is 0.783. The van der Waals surface area contributed by atoms with Gasteiger partial charge in [-0.1, -0.05) is 12.1 Å². The van der Waals surface area contributed by atoms with E-state index >= 15 is 0 Å². The molecule has 1 aromatic heterocycles. The van der Waals surface area contributed by atoms with Crippen molar-refractivity contribution in [2.75, 3.05) is 29.5 Å². The lowest BCUT2D eigenvalue weighted by Gasteiger charge is -2.33. The lowest BCUT2D eigenvalue weighted by Crippen LogP contribution is -2.44. The van der Waals surface area contributed by atoms with E-state index in [1.54, 1.807) is 18.2 Å². The first kappa shape index (κ1) is 20.8. The number of hydrogen-bond donors (Lipinski definition) is 1. The maximum Gasteiger partial charge on any atom is 0.437 e. The lowest BCUT2D eigenvalue weighted by atomic mass is 9.95. The molecule has 0 unspecified atom stereocenters. The van der Waals surface area contributed by atoms with E-state index in [9.17, 15) is 26.4 Å². The highest BCUT2D eigenvalue weighted by atomic mass is 32.2. The number of hydrogen-bond acceptors (Lipinski definition) is 6. The Morgan fingerprint density at radius 2 is 1.70 bits per heavy atom. The molecular weight excluding hydrogens is 421 g/mol. The Labute approximate surface area is 171 Å². The number of halogens is 3. The molecule has 30 heavy (non-hydrogen) atoms. The van der Waals surface area contributed by atoms with Gasteiger partial charge >= 0.3 is 6.18 Å². The second-order valence-electron chi connectivity index (χ2n) is 7.75. The highest BCUT2D eigenvalue weighted by Crippen LogP contribution is 2.36. The van der Waals surface area contributed by atoms with Crippen molar-refractivity contribution in [3.05, 3.63) is 30.0 Å². The highest BCUT2D eigenvalue weighted by molar-refractivity contribution is 7.91. The molecule has 7 nitrogen and oxygen atoms in total. The van der Waals surface area contributed by atoms with Gasteiger partial charge in [-0.2, -0.15) is 13.2 Å². The van der Waals surface area contributed by atoms with E-state index in [1.165, 1.54) is 11.0 Å². The molecular formula is C19H21F3N4O3S. The number of nitrogens with one attached hydrogen (secondary N) is 1. The van der Waals surface area contributed by atoms with Crippen molar-refractivity contribution in [2.45, 2.75) is 31.5 Å². The van der Waals surface area contributed by atoms with Crippen LogP contribution in [0.4, 0.5) is 19.0 Å². The number of nitrogens with zero attached hydrogens (tertiary/aromatic N) is 3. The highest BCUT2D eigenvalue weighted by Gasteiger charge is 2.40. The molecule has 2 aliphatic heterocycles. The van der Waals surface area contributed by atoms with E-state index in [0.29, 0.717) is 24.8 Å². The zero-order valence-corrected chi connectivity index (χ0v) is 16.8. The van der Waals surface area contributed by atoms with E-state index in [1.807, 2.05) is 0 Å². The number of aromatic nitrogens is 2. The van der Waals surface area contributed by atoms with Crippen LogP contribution >= 0.6 is 0 Å². The Morgan fingerprint density at radius 1 is 1.07 bits per heavy atom. The average molecular weight is 442 g/mol. The van der Waals surface area contributed by atoms with Gasteiger partial charge in [0.2, 0.25) is 5.91 Å². The van der Waals surface area contributed by atoms with Crippen LogP contribution in [-0.4, -0.2) is 54.9 Å². The Morgan fingerprint density at radius 3 is 2.27 bits per heavy atom. The van der Waals surface area contributed by atoms with Crippen LogP contribution in [0, 0.1) is 5.92 Å². The number of fused-ring (bicyclic) bond motifs is 1. The summed E-state index contributed by atoms with van der Waals surface area (Å²) >= 11 is 0. The van der Waals surface area contributed by atoms with Crippen molar-refractivity contribution >= 4 is 32.6 Å². The molecule has 1 aromatic carbocycles. The summed E-state index contributed by atoms with van der Waals surface area (Å²) in [6, 6.07) is 6.01. The van der Waals surface area contributed by atoms with Gasteiger partial charge in [-0.05, 0) is 31.4 Å². The van der Waals surface area contributed by atoms with Gasteiger partial charge in [0, 0.05) is 25.0 Å². The summed E-state index contributed by atoms with van der Waals surface area (Å²) in [5, 5.41) is 2.77. The monoisotopic (exact) mass is 442 g/mol. The lowest BCUT2D eigenvalue weighted by molar-refractivity contribution is -0.140. The van der Waals surface area contributed by atoms with Crippen molar-refractivity contribution in [1.82, 2.24) is 15.3 Å². The van der Waals surface area contributed by atoms with E-state index in [-0.39, 0.29) is 53.8 Å². The summed E-state index contributed by atoms with van der Waals surface area (Å²) < 4.78 is 63.8. The number of benzene rings is 1. The molecule has 2 fully saturated rings. The first-order valence-corrected chi connectivity index (χ1v) is 11.5. The van der Waals surface area contributed by atoms with Crippen LogP contribution in [0.2, 0.25) is 0 Å². The van der Waals surface area contributed by atoms with Crippen LogP contribution in [0.3, 0.4) is 0 Å². The summed E-state index contributed by atoms with van der Waals surface area (Å²) in [6.07, 6.45) is -3.53. The summed E-state index contributed by atoms with van der Waals surface area (Å²) in [7, 11) is -3.10. The molecule has 2 saturated heterocycles. The number of rotatable bonds is 3. The Kier molecular flexibility index (Phi) is 5.33. The minimum absolute atomic E-state index is 0.0563. The van der Waals surface area contributed by atoms with E-state index in [4.69, 9.17) is 0 Å². The molecule has 2 aliphatic rings. The summed E-state index contributed by atoms with van der Waals surface area (Å²) in [5.74, 6) is -0.817. The van der Waals surface area contributed by atoms with Gasteiger partial charge in [0.25, 0.3) is 0 Å². The number of amides is 1. The second-order valence-corrected chi connectivity index (χ2v) is 9.98. The molecule has 162 valence electrons. The van der Waals surface area contributed by atoms with Gasteiger partial charge in [-0.15, -0.1) is 0 Å². The Bertz CT molecular complexity index is 1070. The van der Waals surface area contributed by atoms with Crippen molar-refractivity contribution in [1.29, 1.82) is 0 Å². The molecule has 0 aliphatic carbocycles. The van der Waals surface area contributed by atoms with Gasteiger partial charge < -0.3 is 10.2 Å². The molecule has 0 bridgehead atoms. The summed E-state index contributed by atoms with van der Waals surface area (Å²) in [4.78, 5) is 22.0. The Balaban J connectivity index is 1.47. The number of sulfone groups is 1. The number of carbonyl (C=O) groups excluding carboxylic acids is 1. The van der Waals surface area contributed by atoms with Gasteiger partial charge in [-0.3, -0.25) is 4.79 Å². The van der Waals surface area contributed by atoms with Gasteiger partial charge in [0.1, 0.15) is 0 Å². The molecule has 0 radical (unpaired) electrons. The third kappa shape index (κ3) is 4.35. The molecule has 3 heterocycles. The molecule has 11 heteroatoms. The van der Waals surface area contributed by atoms with Crippen LogP contribution in [-0.2, 0) is 20.8 Å². The third-order valence-electron chi connectivity index (χ3n) is 5.56. The largest absolute Gasteiger partial charge is 0.437 e. The number of anilines is 1. The van der Waals surface area contributed by atoms with Crippen LogP contribution in [0.1, 0.15) is 25.0 Å². The number of alkyl halides is 3. The summed E-state index contributed by atoms with van der Waals surface area (Å²) in [6.45, 7) is 0.467. The number of carbonyl (C=O) groups is 1. The van der Waals surface area contributed by atoms with E-state index < -0.39 is 21.7 Å². The molecule has 1 atom stereocenters. The first-order chi connectivity index (χ1) is 14.1. The first-order valence-electron chi connectivity index (χ1n) is 9.72.